The summed E-state index contributed by atoms with van der Waals surface area (Å²) >= 11 is 0. The Kier molecular flexibility index (Phi) is 7.96. The SMILES string of the molecule is COCCCn1c(-c2nonc2N)nc2cnc(Oc3cccc(C(=O)NCCCN4CCCC4=O)c3)cc21. The Hall–Kier alpha value is -4.52. The molecule has 4 heterocycles. The van der Waals surface area contributed by atoms with Crippen LogP contribution in [0.4, 0.5) is 5.82 Å². The van der Waals surface area contributed by atoms with Crippen LogP contribution in [0.2, 0.25) is 0 Å². The third-order valence-corrected chi connectivity index (χ3v) is 6.45. The molecule has 13 nitrogen and oxygen atoms in total. The van der Waals surface area contributed by atoms with Gasteiger partial charge in [0.15, 0.2) is 17.3 Å². The number of ether oxygens (including phenoxy) is 2. The van der Waals surface area contributed by atoms with E-state index in [2.05, 4.69) is 25.6 Å². The van der Waals surface area contributed by atoms with Crippen molar-refractivity contribution < 1.29 is 23.7 Å². The molecular formula is C26H30N8O5. The van der Waals surface area contributed by atoms with Crippen molar-refractivity contribution in [1.29, 1.82) is 0 Å². The number of anilines is 1. The van der Waals surface area contributed by atoms with E-state index >= 15 is 0 Å². The summed E-state index contributed by atoms with van der Waals surface area (Å²) in [5, 5.41) is 10.5. The lowest BCUT2D eigenvalue weighted by molar-refractivity contribution is -0.127. The number of nitrogens with one attached hydrogen (secondary N) is 1. The molecule has 204 valence electrons. The van der Waals surface area contributed by atoms with E-state index in [4.69, 9.17) is 19.8 Å². The number of carbonyl (C=O) groups excluding carboxylic acids is 2. The first-order valence-electron chi connectivity index (χ1n) is 12.8. The molecule has 13 heteroatoms. The van der Waals surface area contributed by atoms with Gasteiger partial charge in [0.05, 0.1) is 11.7 Å². The van der Waals surface area contributed by atoms with Gasteiger partial charge < -0.3 is 30.0 Å². The number of amides is 2. The molecule has 0 atom stereocenters. The number of hydrogen-bond acceptors (Lipinski definition) is 10. The van der Waals surface area contributed by atoms with Crippen LogP contribution in [-0.4, -0.2) is 74.9 Å². The average Bonchev–Trinajstić information content (AvgIpc) is 3.65. The fourth-order valence-electron chi connectivity index (χ4n) is 4.53. The topological polar surface area (TPSA) is 164 Å². The number of aromatic nitrogens is 5. The van der Waals surface area contributed by atoms with Crippen LogP contribution >= 0.6 is 0 Å². The van der Waals surface area contributed by atoms with Gasteiger partial charge >= 0.3 is 0 Å². The van der Waals surface area contributed by atoms with Gasteiger partial charge in [0.2, 0.25) is 11.8 Å². The summed E-state index contributed by atoms with van der Waals surface area (Å²) in [7, 11) is 1.65. The smallest absolute Gasteiger partial charge is 0.251 e. The number of methoxy groups -OCH3 is 1. The fraction of sp³-hybridized carbons (Fsp3) is 0.385. The number of rotatable bonds is 12. The van der Waals surface area contributed by atoms with Crippen molar-refractivity contribution in [3.05, 3.63) is 42.1 Å². The molecule has 0 aliphatic carbocycles. The third kappa shape index (κ3) is 5.98. The Morgan fingerprint density at radius 3 is 2.87 bits per heavy atom. The van der Waals surface area contributed by atoms with E-state index in [0.717, 1.165) is 24.9 Å². The molecule has 3 N–H and O–H groups in total. The highest BCUT2D eigenvalue weighted by atomic mass is 16.6. The van der Waals surface area contributed by atoms with Crippen LogP contribution in [0, 0.1) is 0 Å². The third-order valence-electron chi connectivity index (χ3n) is 6.45. The van der Waals surface area contributed by atoms with Gasteiger partial charge in [0, 0.05) is 57.9 Å². The van der Waals surface area contributed by atoms with E-state index in [0.29, 0.717) is 73.3 Å². The fourth-order valence-corrected chi connectivity index (χ4v) is 4.53. The minimum absolute atomic E-state index is 0.141. The molecule has 5 rings (SSSR count). The predicted octanol–water partition coefficient (Wildman–Crippen LogP) is 2.63. The Labute approximate surface area is 224 Å². The Bertz CT molecular complexity index is 1470. The summed E-state index contributed by atoms with van der Waals surface area (Å²) in [6.45, 7) is 3.07. The zero-order valence-corrected chi connectivity index (χ0v) is 21.6. The van der Waals surface area contributed by atoms with Gasteiger partial charge in [-0.05, 0) is 47.8 Å². The van der Waals surface area contributed by atoms with Crippen molar-refractivity contribution in [3.8, 4) is 23.1 Å². The maximum absolute atomic E-state index is 12.7. The summed E-state index contributed by atoms with van der Waals surface area (Å²) in [5.41, 5.74) is 8.12. The van der Waals surface area contributed by atoms with Crippen LogP contribution in [0.5, 0.6) is 11.6 Å². The highest BCUT2D eigenvalue weighted by Gasteiger charge is 2.21. The first kappa shape index (κ1) is 26.1. The Balaban J connectivity index is 1.29. The predicted molar refractivity (Wildman–Crippen MR) is 141 cm³/mol. The van der Waals surface area contributed by atoms with Crippen LogP contribution in [0.1, 0.15) is 36.0 Å². The summed E-state index contributed by atoms with van der Waals surface area (Å²) in [6, 6.07) is 8.66. The molecule has 1 aliphatic rings. The molecule has 0 saturated carbocycles. The van der Waals surface area contributed by atoms with Gasteiger partial charge in [-0.3, -0.25) is 9.59 Å². The highest BCUT2D eigenvalue weighted by molar-refractivity contribution is 5.94. The second-order valence-electron chi connectivity index (χ2n) is 9.17. The molecular weight excluding hydrogens is 504 g/mol. The van der Waals surface area contributed by atoms with Gasteiger partial charge in [-0.15, -0.1) is 0 Å². The average molecular weight is 535 g/mol. The van der Waals surface area contributed by atoms with Crippen LogP contribution in [0.25, 0.3) is 22.6 Å². The number of nitrogens with two attached hydrogens (primary N) is 1. The van der Waals surface area contributed by atoms with Gasteiger partial charge in [-0.1, -0.05) is 6.07 Å². The van der Waals surface area contributed by atoms with E-state index in [9.17, 15) is 9.59 Å². The molecule has 1 saturated heterocycles. The largest absolute Gasteiger partial charge is 0.439 e. The van der Waals surface area contributed by atoms with E-state index in [1.165, 1.54) is 0 Å². The van der Waals surface area contributed by atoms with E-state index in [1.807, 2.05) is 9.47 Å². The van der Waals surface area contributed by atoms with Crippen LogP contribution in [-0.2, 0) is 16.1 Å². The summed E-state index contributed by atoms with van der Waals surface area (Å²) in [4.78, 5) is 35.3. The molecule has 2 amide bonds. The van der Waals surface area contributed by atoms with Crippen LogP contribution < -0.4 is 15.8 Å². The highest BCUT2D eigenvalue weighted by Crippen LogP contribution is 2.30. The minimum atomic E-state index is -0.212. The molecule has 1 aliphatic heterocycles. The quantitative estimate of drug-likeness (QED) is 0.258. The van der Waals surface area contributed by atoms with Crippen LogP contribution in [0.3, 0.4) is 0 Å². The molecule has 3 aromatic heterocycles. The van der Waals surface area contributed by atoms with Crippen molar-refractivity contribution in [2.24, 2.45) is 0 Å². The van der Waals surface area contributed by atoms with Crippen molar-refractivity contribution in [1.82, 2.24) is 35.1 Å². The number of carbonyl (C=O) groups is 2. The first-order chi connectivity index (χ1) is 19.0. The molecule has 1 fully saturated rings. The second kappa shape index (κ2) is 11.9. The number of pyridine rings is 1. The zero-order valence-electron chi connectivity index (χ0n) is 21.6. The molecule has 4 aromatic rings. The molecule has 0 unspecified atom stereocenters. The van der Waals surface area contributed by atoms with Crippen molar-refractivity contribution >= 4 is 28.7 Å². The lowest BCUT2D eigenvalue weighted by Gasteiger charge is -2.15. The van der Waals surface area contributed by atoms with Gasteiger partial charge in [-0.2, -0.15) is 0 Å². The maximum atomic E-state index is 12.7. The number of hydrogen-bond donors (Lipinski definition) is 2. The Morgan fingerprint density at radius 1 is 1.21 bits per heavy atom. The van der Waals surface area contributed by atoms with Crippen LogP contribution in [0.15, 0.2) is 41.2 Å². The standard InChI is InChI=1S/C26H30N8O5/c1-37-13-5-12-34-20-15-21(29-16-19(20)30-25(34)23-24(27)32-39-31-23)38-18-7-2-6-17(14-18)26(36)28-9-4-11-33-10-3-8-22(33)35/h2,6-7,14-16H,3-5,8-13H2,1H3,(H2,27,32)(H,28,36). The molecule has 39 heavy (non-hydrogen) atoms. The van der Waals surface area contributed by atoms with E-state index in [1.54, 1.807) is 43.6 Å². The number of fused-ring (bicyclic) bond motifs is 1. The maximum Gasteiger partial charge on any atom is 0.251 e. The number of likely N-dealkylation sites (tertiary alicyclic amines) is 1. The van der Waals surface area contributed by atoms with Gasteiger partial charge in [0.1, 0.15) is 11.3 Å². The van der Waals surface area contributed by atoms with E-state index in [-0.39, 0.29) is 17.6 Å². The molecule has 0 radical (unpaired) electrons. The first-order valence-corrected chi connectivity index (χ1v) is 12.8. The van der Waals surface area contributed by atoms with Crippen molar-refractivity contribution in [2.75, 3.05) is 39.1 Å². The number of benzene rings is 1. The lowest BCUT2D eigenvalue weighted by atomic mass is 10.2. The minimum Gasteiger partial charge on any atom is -0.439 e. The van der Waals surface area contributed by atoms with Gasteiger partial charge in [-0.25, -0.2) is 14.6 Å². The molecule has 0 bridgehead atoms. The number of aryl methyl sites for hydroxylation is 1. The van der Waals surface area contributed by atoms with Crippen molar-refractivity contribution in [3.63, 3.8) is 0 Å². The van der Waals surface area contributed by atoms with Gasteiger partial charge in [0.25, 0.3) is 5.91 Å². The summed E-state index contributed by atoms with van der Waals surface area (Å²) < 4.78 is 17.9. The van der Waals surface area contributed by atoms with E-state index < -0.39 is 0 Å². The molecule has 1 aromatic carbocycles. The lowest BCUT2D eigenvalue weighted by Crippen LogP contribution is -2.30. The Morgan fingerprint density at radius 2 is 2.10 bits per heavy atom. The number of nitrogens with zero attached hydrogens (tertiary/aromatic N) is 6. The second-order valence-corrected chi connectivity index (χ2v) is 9.17. The zero-order chi connectivity index (χ0) is 27.2. The van der Waals surface area contributed by atoms with Crippen molar-refractivity contribution in [2.45, 2.75) is 32.2 Å². The normalized spacial score (nSPS) is 13.4. The summed E-state index contributed by atoms with van der Waals surface area (Å²) in [6.07, 6.45) is 4.56. The summed E-state index contributed by atoms with van der Waals surface area (Å²) in [5.74, 6) is 1.42. The number of nitrogen functional groups attached to an aromatic ring is 1. The number of imidazole rings is 1. The monoisotopic (exact) mass is 534 g/mol. The molecule has 0 spiro atoms.